The van der Waals surface area contributed by atoms with Crippen LogP contribution in [-0.2, 0) is 11.1 Å². The monoisotopic (exact) mass is 411 g/mol. The van der Waals surface area contributed by atoms with E-state index in [1.165, 1.54) is 38.9 Å². The molecule has 159 valence electrons. The predicted octanol–water partition coefficient (Wildman–Crippen LogP) is 6.56. The first-order valence-corrected chi connectivity index (χ1v) is 11.3. The van der Waals surface area contributed by atoms with Gasteiger partial charge in [0.05, 0.1) is 11.2 Å². The van der Waals surface area contributed by atoms with E-state index in [0.717, 1.165) is 12.8 Å². The highest BCUT2D eigenvalue weighted by molar-refractivity contribution is 6.30. The first-order chi connectivity index (χ1) is 14.7. The van der Waals surface area contributed by atoms with E-state index in [0.29, 0.717) is 0 Å². The smallest absolute Gasteiger partial charge is 0.301 e. The van der Waals surface area contributed by atoms with Crippen LogP contribution in [0.2, 0.25) is 0 Å². The van der Waals surface area contributed by atoms with Crippen LogP contribution in [0.25, 0.3) is 22.3 Å². The molecule has 0 saturated heterocycles. The fraction of sp³-hybridized carbons (Fsp3) is 0.357. The maximum Gasteiger partial charge on any atom is 0.301 e. The molecule has 2 nitrogen and oxygen atoms in total. The lowest BCUT2D eigenvalue weighted by Crippen LogP contribution is -2.48. The van der Waals surface area contributed by atoms with Gasteiger partial charge in [-0.3, -0.25) is 0 Å². The molecule has 0 bridgehead atoms. The van der Waals surface area contributed by atoms with E-state index in [1.807, 2.05) is 21.3 Å². The van der Waals surface area contributed by atoms with Crippen LogP contribution in [0.15, 0.2) is 66.7 Å². The number of rotatable bonds is 7. The molecule has 31 heavy (non-hydrogen) atoms. The third-order valence-electron chi connectivity index (χ3n) is 6.93. The zero-order valence-electron chi connectivity index (χ0n) is 19.3. The van der Waals surface area contributed by atoms with Gasteiger partial charge in [-0.1, -0.05) is 74.0 Å². The third kappa shape index (κ3) is 4.22. The summed E-state index contributed by atoms with van der Waals surface area (Å²) in [5, 5.41) is 10.4. The molecule has 0 spiro atoms. The van der Waals surface area contributed by atoms with Gasteiger partial charge in [-0.15, -0.1) is 0 Å². The van der Waals surface area contributed by atoms with Gasteiger partial charge >= 0.3 is 7.48 Å². The fourth-order valence-corrected chi connectivity index (χ4v) is 4.17. The minimum atomic E-state index is -0.926. The van der Waals surface area contributed by atoms with Crippen LogP contribution in [0, 0.1) is 0 Å². The summed E-state index contributed by atoms with van der Waals surface area (Å²) in [6, 6.07) is 24.0. The Morgan fingerprint density at radius 3 is 2.32 bits per heavy atom. The Hall–Kier alpha value is -2.36. The summed E-state index contributed by atoms with van der Waals surface area (Å²) < 4.78 is 6.14. The Balaban J connectivity index is 1.65. The van der Waals surface area contributed by atoms with Crippen LogP contribution in [0.3, 0.4) is 0 Å². The van der Waals surface area contributed by atoms with Crippen molar-refractivity contribution >= 4 is 7.48 Å². The Morgan fingerprint density at radius 1 is 0.903 bits per heavy atom. The van der Waals surface area contributed by atoms with Crippen molar-refractivity contribution in [3.63, 3.8) is 0 Å². The molecule has 4 rings (SSSR count). The van der Waals surface area contributed by atoms with E-state index in [1.54, 1.807) is 13.8 Å². The Labute approximate surface area is 187 Å². The van der Waals surface area contributed by atoms with Crippen LogP contribution < -0.4 is 0 Å². The second kappa shape index (κ2) is 8.29. The van der Waals surface area contributed by atoms with Crippen molar-refractivity contribution in [1.82, 2.24) is 0 Å². The van der Waals surface area contributed by atoms with E-state index >= 15 is 0 Å². The summed E-state index contributed by atoms with van der Waals surface area (Å²) in [7, 11) is 1.94. The standard InChI is InChI=1S/C28H32BO2/c1-6-26(29-31-28(4,5)27(2,3)30)23-14-10-13-22-24-17-20(19-11-8-7-9-12-19)15-16-21(24)18-25(22)23/h7-17,26,30H,6,18H2,1-5H3. The first-order valence-electron chi connectivity index (χ1n) is 11.3. The van der Waals surface area contributed by atoms with Crippen LogP contribution in [0.4, 0.5) is 0 Å². The molecule has 1 radical (unpaired) electrons. The van der Waals surface area contributed by atoms with E-state index in [4.69, 9.17) is 4.65 Å². The van der Waals surface area contributed by atoms with Gasteiger partial charge in [0, 0.05) is 0 Å². The molecule has 1 unspecified atom stereocenters. The Bertz CT molecular complexity index is 1060. The summed E-state index contributed by atoms with van der Waals surface area (Å²) >= 11 is 0. The highest BCUT2D eigenvalue weighted by Gasteiger charge is 2.37. The predicted molar refractivity (Wildman–Crippen MR) is 130 cm³/mol. The molecule has 0 heterocycles. The maximum absolute atomic E-state index is 10.4. The van der Waals surface area contributed by atoms with Crippen molar-refractivity contribution in [3.05, 3.63) is 83.4 Å². The molecular formula is C28H32BO2. The SMILES string of the molecule is CCC([B]OC(C)(C)C(C)(C)O)c1cccc2c1Cc1ccc(-c3ccccc3)cc1-2. The van der Waals surface area contributed by atoms with Crippen molar-refractivity contribution < 1.29 is 9.76 Å². The molecule has 0 aliphatic heterocycles. The first kappa shape index (κ1) is 21.9. The lowest BCUT2D eigenvalue weighted by atomic mass is 9.70. The number of hydrogen-bond acceptors (Lipinski definition) is 2. The summed E-state index contributed by atoms with van der Waals surface area (Å²) in [6.07, 6.45) is 1.90. The van der Waals surface area contributed by atoms with Gasteiger partial charge in [0.1, 0.15) is 0 Å². The lowest BCUT2D eigenvalue weighted by Gasteiger charge is -2.38. The second-order valence-electron chi connectivity index (χ2n) is 9.63. The number of hydrogen-bond donors (Lipinski definition) is 1. The maximum atomic E-state index is 10.4. The largest absolute Gasteiger partial charge is 0.432 e. The summed E-state index contributed by atoms with van der Waals surface area (Å²) in [4.78, 5) is 0. The zero-order valence-corrected chi connectivity index (χ0v) is 19.3. The van der Waals surface area contributed by atoms with Gasteiger partial charge in [-0.05, 0) is 84.9 Å². The molecule has 3 aromatic rings. The average molecular weight is 411 g/mol. The molecule has 0 aromatic heterocycles. The summed E-state index contributed by atoms with van der Waals surface area (Å²) in [5.41, 5.74) is 7.69. The van der Waals surface area contributed by atoms with Crippen molar-refractivity contribution in [2.45, 2.75) is 64.5 Å². The molecular weight excluding hydrogens is 379 g/mol. The average Bonchev–Trinajstić information content (AvgIpc) is 3.12. The second-order valence-corrected chi connectivity index (χ2v) is 9.63. The summed E-state index contributed by atoms with van der Waals surface area (Å²) in [5.74, 6) is 0.180. The molecule has 1 aliphatic carbocycles. The van der Waals surface area contributed by atoms with Gasteiger partial charge in [0.2, 0.25) is 0 Å². The highest BCUT2D eigenvalue weighted by atomic mass is 16.5. The van der Waals surface area contributed by atoms with Crippen molar-refractivity contribution in [1.29, 1.82) is 0 Å². The van der Waals surface area contributed by atoms with Crippen molar-refractivity contribution in [3.8, 4) is 22.3 Å². The van der Waals surface area contributed by atoms with Crippen molar-refractivity contribution in [2.24, 2.45) is 0 Å². The normalized spacial score (nSPS) is 14.1. The van der Waals surface area contributed by atoms with E-state index in [-0.39, 0.29) is 5.82 Å². The van der Waals surface area contributed by atoms with Crippen LogP contribution >= 0.6 is 0 Å². The molecule has 1 N–H and O–H groups in total. The molecule has 0 amide bonds. The minimum absolute atomic E-state index is 0.180. The van der Waals surface area contributed by atoms with E-state index < -0.39 is 11.2 Å². The zero-order chi connectivity index (χ0) is 22.2. The number of benzene rings is 3. The Kier molecular flexibility index (Phi) is 5.85. The van der Waals surface area contributed by atoms with Crippen LogP contribution in [0.5, 0.6) is 0 Å². The lowest BCUT2D eigenvalue weighted by molar-refractivity contribution is -0.0910. The fourth-order valence-electron chi connectivity index (χ4n) is 4.17. The Morgan fingerprint density at radius 2 is 1.65 bits per heavy atom. The van der Waals surface area contributed by atoms with Gasteiger partial charge < -0.3 is 9.76 Å². The molecule has 1 aliphatic rings. The van der Waals surface area contributed by atoms with Crippen molar-refractivity contribution in [2.75, 3.05) is 0 Å². The quantitative estimate of drug-likeness (QED) is 0.349. The highest BCUT2D eigenvalue weighted by Crippen LogP contribution is 2.42. The third-order valence-corrected chi connectivity index (χ3v) is 6.93. The van der Waals surface area contributed by atoms with Crippen LogP contribution in [-0.4, -0.2) is 23.8 Å². The molecule has 3 aromatic carbocycles. The summed E-state index contributed by atoms with van der Waals surface area (Å²) in [6.45, 7) is 9.65. The molecule has 0 saturated carbocycles. The van der Waals surface area contributed by atoms with Gasteiger partial charge in [-0.25, -0.2) is 0 Å². The topological polar surface area (TPSA) is 29.5 Å². The molecule has 3 heteroatoms. The van der Waals surface area contributed by atoms with E-state index in [9.17, 15) is 5.11 Å². The van der Waals surface area contributed by atoms with Gasteiger partial charge in [0.25, 0.3) is 0 Å². The van der Waals surface area contributed by atoms with Gasteiger partial charge in [-0.2, -0.15) is 0 Å². The number of fused-ring (bicyclic) bond motifs is 3. The minimum Gasteiger partial charge on any atom is -0.432 e. The molecule has 1 atom stereocenters. The van der Waals surface area contributed by atoms with E-state index in [2.05, 4.69) is 73.7 Å². The number of aliphatic hydroxyl groups is 1. The van der Waals surface area contributed by atoms with Crippen LogP contribution in [0.1, 0.15) is 63.5 Å². The van der Waals surface area contributed by atoms with Gasteiger partial charge in [0.15, 0.2) is 0 Å². The molecule has 0 fully saturated rings.